The fourth-order valence-corrected chi connectivity index (χ4v) is 3.63. The molecule has 0 fully saturated rings. The second-order valence-corrected chi connectivity index (χ2v) is 8.06. The van der Waals surface area contributed by atoms with Crippen LogP contribution in [0.2, 0.25) is 0 Å². The van der Waals surface area contributed by atoms with E-state index >= 15 is 0 Å². The lowest BCUT2D eigenvalue weighted by molar-refractivity contribution is 0.345. The van der Waals surface area contributed by atoms with E-state index in [0.717, 1.165) is 44.3 Å². The van der Waals surface area contributed by atoms with Gasteiger partial charge in [-0.05, 0) is 45.5 Å². The van der Waals surface area contributed by atoms with Gasteiger partial charge < -0.3 is 15.5 Å². The third kappa shape index (κ3) is 8.45. The summed E-state index contributed by atoms with van der Waals surface area (Å²) in [5, 5.41) is 7.93. The number of guanidine groups is 1. The van der Waals surface area contributed by atoms with Crippen molar-refractivity contribution in [1.82, 2.24) is 20.5 Å². The number of aryl methyl sites for hydroxylation is 2. The number of hydrogen-bond acceptors (Lipinski definition) is 4. The van der Waals surface area contributed by atoms with E-state index in [2.05, 4.69) is 79.5 Å². The Kier molecular flexibility index (Phi) is 11.6. The van der Waals surface area contributed by atoms with E-state index in [1.165, 1.54) is 21.0 Å². The van der Waals surface area contributed by atoms with E-state index in [4.69, 9.17) is 4.99 Å². The van der Waals surface area contributed by atoms with Gasteiger partial charge >= 0.3 is 0 Å². The maximum Gasteiger partial charge on any atom is 0.191 e. The minimum Gasteiger partial charge on any atom is -0.357 e. The molecule has 0 amide bonds. The summed E-state index contributed by atoms with van der Waals surface area (Å²) in [5.41, 5.74) is 3.71. The van der Waals surface area contributed by atoms with Crippen LogP contribution in [-0.4, -0.2) is 42.5 Å². The summed E-state index contributed by atoms with van der Waals surface area (Å²) in [5.74, 6) is 0.860. The quantitative estimate of drug-likeness (QED) is 0.300. The van der Waals surface area contributed by atoms with Crippen molar-refractivity contribution < 1.29 is 0 Å². The van der Waals surface area contributed by atoms with Gasteiger partial charge in [0.05, 0.1) is 17.2 Å². The molecule has 0 atom stereocenters. The van der Waals surface area contributed by atoms with E-state index in [-0.39, 0.29) is 24.0 Å². The summed E-state index contributed by atoms with van der Waals surface area (Å²) in [7, 11) is 2.14. The molecule has 1 aromatic heterocycles. The highest BCUT2D eigenvalue weighted by Gasteiger charge is 2.04. The number of nitrogens with zero attached hydrogens (tertiary/aromatic N) is 3. The van der Waals surface area contributed by atoms with E-state index < -0.39 is 0 Å². The molecule has 2 rings (SSSR count). The highest BCUT2D eigenvalue weighted by atomic mass is 127. The van der Waals surface area contributed by atoms with E-state index in [9.17, 15) is 0 Å². The normalized spacial score (nSPS) is 11.4. The van der Waals surface area contributed by atoms with Crippen LogP contribution in [-0.2, 0) is 19.5 Å². The molecule has 0 radical (unpaired) electrons. The molecule has 0 aliphatic rings. The Labute approximate surface area is 191 Å². The first-order valence-corrected chi connectivity index (χ1v) is 10.5. The summed E-state index contributed by atoms with van der Waals surface area (Å²) in [4.78, 5) is 12.9. The van der Waals surface area contributed by atoms with Gasteiger partial charge in [-0.2, -0.15) is 0 Å². The highest BCUT2D eigenvalue weighted by Crippen LogP contribution is 2.16. The molecule has 2 aromatic rings. The molecule has 0 bridgehead atoms. The van der Waals surface area contributed by atoms with Crippen molar-refractivity contribution in [2.45, 2.75) is 47.2 Å². The largest absolute Gasteiger partial charge is 0.357 e. The second-order valence-electron chi connectivity index (χ2n) is 6.77. The summed E-state index contributed by atoms with van der Waals surface area (Å²) in [6.45, 7) is 12.8. The molecule has 7 heteroatoms. The summed E-state index contributed by atoms with van der Waals surface area (Å²) < 4.78 is 0. The van der Waals surface area contributed by atoms with Crippen LogP contribution in [0.5, 0.6) is 0 Å². The van der Waals surface area contributed by atoms with Crippen molar-refractivity contribution in [3.05, 3.63) is 51.0 Å². The molecular weight excluding hydrogens is 481 g/mol. The molecule has 1 heterocycles. The van der Waals surface area contributed by atoms with Gasteiger partial charge in [-0.1, -0.05) is 31.2 Å². The highest BCUT2D eigenvalue weighted by molar-refractivity contribution is 14.0. The van der Waals surface area contributed by atoms with Crippen LogP contribution in [0.1, 0.15) is 40.6 Å². The third-order valence-corrected chi connectivity index (χ3v) is 5.58. The molecule has 0 saturated heterocycles. The fraction of sp³-hybridized carbons (Fsp3) is 0.524. The van der Waals surface area contributed by atoms with Crippen LogP contribution in [0, 0.1) is 13.8 Å². The first-order valence-electron chi connectivity index (χ1n) is 9.73. The molecule has 2 N–H and O–H groups in total. The lowest BCUT2D eigenvalue weighted by Crippen LogP contribution is -2.38. The monoisotopic (exact) mass is 515 g/mol. The first kappa shape index (κ1) is 24.8. The van der Waals surface area contributed by atoms with Gasteiger partial charge in [0, 0.05) is 30.9 Å². The first-order chi connectivity index (χ1) is 13.0. The van der Waals surface area contributed by atoms with E-state index in [1.54, 1.807) is 11.3 Å². The van der Waals surface area contributed by atoms with Crippen LogP contribution >= 0.6 is 35.3 Å². The number of benzene rings is 1. The number of aliphatic imine (C=N–C) groups is 1. The fourth-order valence-electron chi connectivity index (χ4n) is 2.70. The average molecular weight is 516 g/mol. The Morgan fingerprint density at radius 3 is 2.57 bits per heavy atom. The van der Waals surface area contributed by atoms with Crippen LogP contribution < -0.4 is 10.6 Å². The number of hydrogen-bond donors (Lipinski definition) is 2. The third-order valence-electron chi connectivity index (χ3n) is 4.45. The van der Waals surface area contributed by atoms with Crippen molar-refractivity contribution in [1.29, 1.82) is 0 Å². The predicted octanol–water partition coefficient (Wildman–Crippen LogP) is 4.13. The van der Waals surface area contributed by atoms with Gasteiger partial charge in [-0.3, -0.25) is 0 Å². The van der Waals surface area contributed by atoms with Crippen molar-refractivity contribution in [2.75, 3.05) is 26.7 Å². The average Bonchev–Trinajstić information content (AvgIpc) is 2.97. The lowest BCUT2D eigenvalue weighted by Gasteiger charge is -2.14. The number of thiazole rings is 1. The van der Waals surface area contributed by atoms with Crippen LogP contribution in [0.3, 0.4) is 0 Å². The van der Waals surface area contributed by atoms with Crippen molar-refractivity contribution >= 4 is 41.3 Å². The van der Waals surface area contributed by atoms with Gasteiger partial charge in [0.2, 0.25) is 0 Å². The molecular formula is C21H34IN5S. The van der Waals surface area contributed by atoms with Gasteiger partial charge in [0.15, 0.2) is 5.96 Å². The van der Waals surface area contributed by atoms with Gasteiger partial charge in [-0.15, -0.1) is 35.3 Å². The SMILES string of the molecule is CCNC(=NCc1cccc(CN(C)CC)c1)NCCc1nc(C)c(C)s1.I. The Bertz CT molecular complexity index is 725. The van der Waals surface area contributed by atoms with Crippen LogP contribution in [0.4, 0.5) is 0 Å². The minimum absolute atomic E-state index is 0. The number of aromatic nitrogens is 1. The van der Waals surface area contributed by atoms with E-state index in [1.807, 2.05) is 0 Å². The van der Waals surface area contributed by atoms with Crippen molar-refractivity contribution in [2.24, 2.45) is 4.99 Å². The summed E-state index contributed by atoms with van der Waals surface area (Å²) >= 11 is 1.78. The zero-order chi connectivity index (χ0) is 19.6. The van der Waals surface area contributed by atoms with Crippen LogP contribution in [0.25, 0.3) is 0 Å². The van der Waals surface area contributed by atoms with Gasteiger partial charge in [-0.25, -0.2) is 9.98 Å². The Morgan fingerprint density at radius 1 is 1.18 bits per heavy atom. The molecule has 5 nitrogen and oxygen atoms in total. The van der Waals surface area contributed by atoms with Gasteiger partial charge in [0.25, 0.3) is 0 Å². The molecule has 28 heavy (non-hydrogen) atoms. The van der Waals surface area contributed by atoms with Crippen LogP contribution in [0.15, 0.2) is 29.3 Å². The minimum atomic E-state index is 0. The smallest absolute Gasteiger partial charge is 0.191 e. The molecule has 0 aliphatic heterocycles. The molecule has 156 valence electrons. The zero-order valence-electron chi connectivity index (χ0n) is 17.7. The Hall–Kier alpha value is -1.19. The predicted molar refractivity (Wildman–Crippen MR) is 132 cm³/mol. The molecule has 0 saturated carbocycles. The number of halogens is 1. The Balaban J connectivity index is 0.00000392. The maximum absolute atomic E-state index is 4.74. The molecule has 0 aliphatic carbocycles. The van der Waals surface area contributed by atoms with E-state index in [0.29, 0.717) is 6.54 Å². The van der Waals surface area contributed by atoms with Crippen molar-refractivity contribution in [3.8, 4) is 0 Å². The van der Waals surface area contributed by atoms with Crippen molar-refractivity contribution in [3.63, 3.8) is 0 Å². The maximum atomic E-state index is 4.74. The summed E-state index contributed by atoms with van der Waals surface area (Å²) in [6, 6.07) is 8.70. The number of nitrogens with one attached hydrogen (secondary N) is 2. The molecule has 0 unspecified atom stereocenters. The topological polar surface area (TPSA) is 52.6 Å². The number of rotatable bonds is 9. The Morgan fingerprint density at radius 2 is 1.93 bits per heavy atom. The molecule has 0 spiro atoms. The van der Waals surface area contributed by atoms with Gasteiger partial charge in [0.1, 0.15) is 0 Å². The lowest BCUT2D eigenvalue weighted by atomic mass is 10.1. The second kappa shape index (κ2) is 13.1. The summed E-state index contributed by atoms with van der Waals surface area (Å²) in [6.07, 6.45) is 0.919. The molecule has 1 aromatic carbocycles. The zero-order valence-corrected chi connectivity index (χ0v) is 20.9. The standard InChI is InChI=1S/C21H33N5S.HI/c1-6-22-21(23-12-11-20-25-16(3)17(4)27-20)24-14-18-9-8-10-19(13-18)15-26(5)7-2;/h8-10,13H,6-7,11-12,14-15H2,1-5H3,(H2,22,23,24);1H.